The molecule has 2 heterocycles. The number of carbonyl (C=O) groups excluding carboxylic acids is 1. The Labute approximate surface area is 167 Å². The number of fused-ring (bicyclic) bond motifs is 2. The summed E-state index contributed by atoms with van der Waals surface area (Å²) in [5, 5.41) is 13.0. The Morgan fingerprint density at radius 2 is 1.86 bits per heavy atom. The van der Waals surface area contributed by atoms with Gasteiger partial charge in [0.05, 0.1) is 18.2 Å². The van der Waals surface area contributed by atoms with E-state index in [1.54, 1.807) is 19.3 Å². The van der Waals surface area contributed by atoms with E-state index in [2.05, 4.69) is 26.1 Å². The lowest BCUT2D eigenvalue weighted by molar-refractivity contribution is -0.137. The number of carboxylic acid groups (broad SMARTS) is 1. The summed E-state index contributed by atoms with van der Waals surface area (Å²) in [7, 11) is 0. The van der Waals surface area contributed by atoms with E-state index < -0.39 is 11.6 Å². The largest absolute Gasteiger partial charge is 0.481 e. The first-order chi connectivity index (χ1) is 13.6. The molecule has 3 aromatic rings. The second-order valence-electron chi connectivity index (χ2n) is 8.26. The molecule has 0 aliphatic carbocycles. The average molecular weight is 399 g/mol. The van der Waals surface area contributed by atoms with Gasteiger partial charge in [-0.05, 0) is 30.4 Å². The van der Waals surface area contributed by atoms with Gasteiger partial charge in [0, 0.05) is 35.4 Å². The molecule has 3 rings (SSSR count). The fourth-order valence-electron chi connectivity index (χ4n) is 3.39. The fourth-order valence-corrected chi connectivity index (χ4v) is 3.39. The molecule has 1 amide bonds. The van der Waals surface area contributed by atoms with Gasteiger partial charge in [0.2, 0.25) is 5.91 Å². The van der Waals surface area contributed by atoms with E-state index in [0.717, 1.165) is 16.3 Å². The van der Waals surface area contributed by atoms with Gasteiger partial charge in [-0.2, -0.15) is 0 Å². The maximum absolute atomic E-state index is 12.5. The van der Waals surface area contributed by atoms with Crippen molar-refractivity contribution in [3.8, 4) is 0 Å². The lowest BCUT2D eigenvalue weighted by atomic mass is 9.86. The first kappa shape index (κ1) is 20.6. The lowest BCUT2D eigenvalue weighted by Gasteiger charge is -2.16. The highest BCUT2D eigenvalue weighted by molar-refractivity contribution is 5.97. The molecule has 0 aliphatic heterocycles. The third kappa shape index (κ3) is 4.34. The first-order valence-corrected chi connectivity index (χ1v) is 9.54. The second-order valence-corrected chi connectivity index (χ2v) is 8.26. The van der Waals surface area contributed by atoms with Crippen molar-refractivity contribution >= 4 is 33.8 Å². The van der Waals surface area contributed by atoms with Crippen molar-refractivity contribution in [1.29, 1.82) is 0 Å². The van der Waals surface area contributed by atoms with Crippen molar-refractivity contribution in [3.63, 3.8) is 0 Å². The number of carboxylic acids is 1. The van der Waals surface area contributed by atoms with Crippen LogP contribution in [-0.2, 0) is 21.4 Å². The molecule has 0 saturated heterocycles. The molecule has 7 heteroatoms. The molecular formula is C22H25NO6. The van der Waals surface area contributed by atoms with E-state index in [1.807, 2.05) is 6.07 Å². The van der Waals surface area contributed by atoms with E-state index in [9.17, 15) is 14.4 Å². The number of aryl methyl sites for hydroxylation is 1. The normalized spacial score (nSPS) is 11.9. The highest BCUT2D eigenvalue weighted by Gasteiger charge is 2.22. The molecule has 0 saturated carbocycles. The maximum atomic E-state index is 12.5. The highest BCUT2D eigenvalue weighted by Crippen LogP contribution is 2.35. The van der Waals surface area contributed by atoms with Crippen molar-refractivity contribution in [2.75, 3.05) is 6.54 Å². The number of rotatable bonds is 6. The van der Waals surface area contributed by atoms with Crippen molar-refractivity contribution in [1.82, 2.24) is 5.32 Å². The summed E-state index contributed by atoms with van der Waals surface area (Å²) in [6, 6.07) is 3.66. The summed E-state index contributed by atoms with van der Waals surface area (Å²) >= 11 is 0. The Balaban J connectivity index is 1.94. The van der Waals surface area contributed by atoms with Gasteiger partial charge in [0.25, 0.3) is 0 Å². The number of hydrogen-bond acceptors (Lipinski definition) is 5. The van der Waals surface area contributed by atoms with E-state index in [0.29, 0.717) is 28.7 Å². The van der Waals surface area contributed by atoms with E-state index in [1.165, 1.54) is 0 Å². The minimum atomic E-state index is -0.912. The van der Waals surface area contributed by atoms with Gasteiger partial charge in [-0.3, -0.25) is 9.59 Å². The van der Waals surface area contributed by atoms with Crippen LogP contribution in [0.5, 0.6) is 0 Å². The quantitative estimate of drug-likeness (QED) is 0.483. The highest BCUT2D eigenvalue weighted by atomic mass is 16.4. The Hall–Kier alpha value is -3.09. The molecule has 0 bridgehead atoms. The van der Waals surface area contributed by atoms with Gasteiger partial charge in [-0.1, -0.05) is 20.8 Å². The SMILES string of the molecule is Cc1c(CC(=O)NCCCC(=O)O)c(=O)oc2cc3occ(C(C)(C)C)c3cc12. The number of carbonyl (C=O) groups is 2. The number of nitrogens with one attached hydrogen (secondary N) is 1. The molecule has 0 spiro atoms. The van der Waals surface area contributed by atoms with Crippen LogP contribution < -0.4 is 10.9 Å². The van der Waals surface area contributed by atoms with Gasteiger partial charge in [-0.15, -0.1) is 0 Å². The molecule has 0 fully saturated rings. The first-order valence-electron chi connectivity index (χ1n) is 9.54. The van der Waals surface area contributed by atoms with Crippen LogP contribution in [0.1, 0.15) is 50.3 Å². The maximum Gasteiger partial charge on any atom is 0.340 e. The summed E-state index contributed by atoms with van der Waals surface area (Å²) in [6.45, 7) is 8.33. The molecule has 0 unspecified atom stereocenters. The number of furan rings is 1. The van der Waals surface area contributed by atoms with Gasteiger partial charge in [0.15, 0.2) is 0 Å². The molecule has 29 heavy (non-hydrogen) atoms. The van der Waals surface area contributed by atoms with E-state index in [-0.39, 0.29) is 30.7 Å². The van der Waals surface area contributed by atoms with Gasteiger partial charge in [-0.25, -0.2) is 4.79 Å². The predicted octanol–water partition coefficient (Wildman–Crippen LogP) is 3.67. The van der Waals surface area contributed by atoms with Crippen LogP contribution in [0.3, 0.4) is 0 Å². The molecule has 0 aliphatic rings. The van der Waals surface area contributed by atoms with Crippen LogP contribution >= 0.6 is 0 Å². The van der Waals surface area contributed by atoms with Crippen LogP contribution in [0.2, 0.25) is 0 Å². The van der Waals surface area contributed by atoms with Crippen molar-refractivity contribution < 1.29 is 23.5 Å². The Kier molecular flexibility index (Phi) is 5.50. The van der Waals surface area contributed by atoms with Gasteiger partial charge < -0.3 is 19.3 Å². The van der Waals surface area contributed by atoms with Crippen LogP contribution in [0.25, 0.3) is 21.9 Å². The fraction of sp³-hybridized carbons (Fsp3) is 0.409. The molecule has 1 aromatic carbocycles. The van der Waals surface area contributed by atoms with Gasteiger partial charge >= 0.3 is 11.6 Å². The summed E-state index contributed by atoms with van der Waals surface area (Å²) in [5.74, 6) is -1.25. The molecule has 7 nitrogen and oxygen atoms in total. The summed E-state index contributed by atoms with van der Waals surface area (Å²) in [4.78, 5) is 35.2. The predicted molar refractivity (Wildman–Crippen MR) is 109 cm³/mol. The third-order valence-corrected chi connectivity index (χ3v) is 5.02. The zero-order valence-electron chi connectivity index (χ0n) is 17.0. The van der Waals surface area contributed by atoms with Crippen LogP contribution in [0.15, 0.2) is 32.0 Å². The van der Waals surface area contributed by atoms with E-state index in [4.69, 9.17) is 13.9 Å². The van der Waals surface area contributed by atoms with Crippen LogP contribution in [0, 0.1) is 6.92 Å². The molecular weight excluding hydrogens is 374 g/mol. The minimum Gasteiger partial charge on any atom is -0.481 e. The van der Waals surface area contributed by atoms with Crippen LogP contribution in [0.4, 0.5) is 0 Å². The van der Waals surface area contributed by atoms with Crippen LogP contribution in [-0.4, -0.2) is 23.5 Å². The Bertz CT molecular complexity index is 1150. The smallest absolute Gasteiger partial charge is 0.340 e. The third-order valence-electron chi connectivity index (χ3n) is 5.02. The van der Waals surface area contributed by atoms with E-state index >= 15 is 0 Å². The monoisotopic (exact) mass is 399 g/mol. The number of hydrogen-bond donors (Lipinski definition) is 2. The number of aliphatic carboxylic acids is 1. The zero-order chi connectivity index (χ0) is 21.3. The lowest BCUT2D eigenvalue weighted by Crippen LogP contribution is -2.28. The second kappa shape index (κ2) is 7.73. The standard InChI is InChI=1S/C22H25NO6/c1-12-13-8-15-16(22(2,3)4)11-28-17(15)10-18(13)29-21(27)14(12)9-19(24)23-7-5-6-20(25)26/h8,10-11H,5-7,9H2,1-4H3,(H,23,24)(H,25,26). The number of amides is 1. The summed E-state index contributed by atoms with van der Waals surface area (Å²) < 4.78 is 11.1. The molecule has 2 aromatic heterocycles. The summed E-state index contributed by atoms with van der Waals surface area (Å²) in [5.41, 5.74) is 2.44. The zero-order valence-corrected chi connectivity index (χ0v) is 17.0. The minimum absolute atomic E-state index is 0.0196. The molecule has 0 atom stereocenters. The molecule has 0 radical (unpaired) electrons. The molecule has 2 N–H and O–H groups in total. The Morgan fingerprint density at radius 3 is 2.52 bits per heavy atom. The van der Waals surface area contributed by atoms with Gasteiger partial charge in [0.1, 0.15) is 11.2 Å². The summed E-state index contributed by atoms with van der Waals surface area (Å²) in [6.07, 6.45) is 1.92. The van der Waals surface area contributed by atoms with Crippen molar-refractivity contribution in [2.45, 2.75) is 52.4 Å². The molecule has 154 valence electrons. The topological polar surface area (TPSA) is 110 Å². The average Bonchev–Trinajstić information content (AvgIpc) is 3.04. The van der Waals surface area contributed by atoms with Crippen molar-refractivity contribution in [2.24, 2.45) is 0 Å². The number of benzene rings is 1. The van der Waals surface area contributed by atoms with Crippen molar-refractivity contribution in [3.05, 3.63) is 45.5 Å². The Morgan fingerprint density at radius 1 is 1.14 bits per heavy atom.